The van der Waals surface area contributed by atoms with Crippen LogP contribution in [0.5, 0.6) is 0 Å². The summed E-state index contributed by atoms with van der Waals surface area (Å²) in [5.74, 6) is -2.52. The van der Waals surface area contributed by atoms with E-state index in [-0.39, 0.29) is 24.9 Å². The second-order valence-corrected chi connectivity index (χ2v) is 8.76. The van der Waals surface area contributed by atoms with Crippen LogP contribution < -0.4 is 11.1 Å². The molecular weight excluding hydrogens is 484 g/mol. The summed E-state index contributed by atoms with van der Waals surface area (Å²) in [6.07, 6.45) is 1.76. The molecule has 1 aliphatic rings. The third-order valence-corrected chi connectivity index (χ3v) is 6.37. The monoisotopic (exact) mass is 507 g/mol. The van der Waals surface area contributed by atoms with Crippen molar-refractivity contribution in [3.8, 4) is 11.3 Å². The minimum atomic E-state index is -0.986. The van der Waals surface area contributed by atoms with Gasteiger partial charge in [0.2, 0.25) is 0 Å². The summed E-state index contributed by atoms with van der Waals surface area (Å²) in [5.41, 5.74) is 7.89. The predicted molar refractivity (Wildman–Crippen MR) is 131 cm³/mol. The van der Waals surface area contributed by atoms with Crippen molar-refractivity contribution < 1.29 is 23.5 Å². The lowest BCUT2D eigenvalue weighted by atomic mass is 10.1. The highest BCUT2D eigenvalue weighted by Crippen LogP contribution is 2.34. The smallest absolute Gasteiger partial charge is 0.407 e. The number of likely N-dealkylation sites (tertiary alicyclic amines) is 1. The fraction of sp³-hybridized carbons (Fsp3) is 0.240. The van der Waals surface area contributed by atoms with E-state index in [4.69, 9.17) is 10.8 Å². The first kappa shape index (κ1) is 24.1. The van der Waals surface area contributed by atoms with Gasteiger partial charge in [0.25, 0.3) is 5.91 Å². The molecule has 1 saturated heterocycles. The number of piperidine rings is 1. The summed E-state index contributed by atoms with van der Waals surface area (Å²) in [4.78, 5) is 33.8. The van der Waals surface area contributed by atoms with Gasteiger partial charge in [-0.05, 0) is 36.6 Å². The van der Waals surface area contributed by atoms with Crippen molar-refractivity contribution in [1.82, 2.24) is 30.0 Å². The first-order valence-electron chi connectivity index (χ1n) is 11.6. The average molecular weight is 508 g/mol. The van der Waals surface area contributed by atoms with Crippen molar-refractivity contribution >= 4 is 28.9 Å². The number of carboxylic acid groups (broad SMARTS) is 1. The standard InChI is InChI=1S/C25H23F2N7O3/c26-17-7-2-8-18(27)19(17)24(35)29-11-14-4-1-5-15(10-14)21-20-22(28)30-13-31-23(20)34(32-21)16-6-3-9-33(12-16)25(36)37/h1-2,4-5,7-8,10,13,16H,3,6,9,11-12H2,(H,29,35)(H,36,37)(H2,28,30,31)/t16-/m1/s1. The van der Waals surface area contributed by atoms with Crippen LogP contribution in [-0.2, 0) is 6.54 Å². The molecule has 2 amide bonds. The lowest BCUT2D eigenvalue weighted by Gasteiger charge is -2.30. The van der Waals surface area contributed by atoms with Crippen LogP contribution in [0.4, 0.5) is 19.4 Å². The summed E-state index contributed by atoms with van der Waals surface area (Å²) in [7, 11) is 0. The molecule has 4 aromatic rings. The number of nitrogens with two attached hydrogens (primary N) is 1. The van der Waals surface area contributed by atoms with Gasteiger partial charge in [-0.25, -0.2) is 28.2 Å². The number of amides is 2. The van der Waals surface area contributed by atoms with Crippen LogP contribution in [-0.4, -0.2) is 54.8 Å². The van der Waals surface area contributed by atoms with E-state index >= 15 is 0 Å². The van der Waals surface area contributed by atoms with Crippen molar-refractivity contribution in [3.63, 3.8) is 0 Å². The topological polar surface area (TPSA) is 139 Å². The van der Waals surface area contributed by atoms with Gasteiger partial charge in [-0.15, -0.1) is 0 Å². The third kappa shape index (κ3) is 4.65. The number of aromatic nitrogens is 4. The fourth-order valence-electron chi connectivity index (χ4n) is 4.59. The number of hydrogen-bond donors (Lipinski definition) is 3. The van der Waals surface area contributed by atoms with E-state index in [0.717, 1.165) is 18.6 Å². The Morgan fingerprint density at radius 1 is 1.14 bits per heavy atom. The number of carbonyl (C=O) groups is 2. The van der Waals surface area contributed by atoms with E-state index in [0.29, 0.717) is 40.8 Å². The Morgan fingerprint density at radius 2 is 1.89 bits per heavy atom. The molecule has 0 saturated carbocycles. The summed E-state index contributed by atoms with van der Waals surface area (Å²) in [6, 6.07) is 10.1. The van der Waals surface area contributed by atoms with E-state index in [1.54, 1.807) is 22.9 Å². The van der Waals surface area contributed by atoms with Crippen molar-refractivity contribution in [2.75, 3.05) is 18.8 Å². The predicted octanol–water partition coefficient (Wildman–Crippen LogP) is 3.60. The molecule has 2 aromatic heterocycles. The maximum Gasteiger partial charge on any atom is 0.407 e. The lowest BCUT2D eigenvalue weighted by Crippen LogP contribution is -2.40. The van der Waals surface area contributed by atoms with Gasteiger partial charge in [0.15, 0.2) is 5.65 Å². The number of benzene rings is 2. The first-order valence-corrected chi connectivity index (χ1v) is 11.6. The highest BCUT2D eigenvalue weighted by molar-refractivity contribution is 5.98. The molecule has 3 heterocycles. The zero-order valence-corrected chi connectivity index (χ0v) is 19.6. The quantitative estimate of drug-likeness (QED) is 0.375. The summed E-state index contributed by atoms with van der Waals surface area (Å²) in [6.45, 7) is 0.745. The van der Waals surface area contributed by atoms with Gasteiger partial charge in [0.05, 0.1) is 11.4 Å². The Labute approximate surface area is 209 Å². The van der Waals surface area contributed by atoms with E-state index in [2.05, 4.69) is 15.3 Å². The second kappa shape index (κ2) is 9.80. The van der Waals surface area contributed by atoms with Crippen molar-refractivity contribution in [1.29, 1.82) is 0 Å². The zero-order valence-electron chi connectivity index (χ0n) is 19.6. The Bertz CT molecular complexity index is 1490. The minimum absolute atomic E-state index is 0.0151. The van der Waals surface area contributed by atoms with Crippen LogP contribution in [0.3, 0.4) is 0 Å². The number of rotatable bonds is 5. The molecular formula is C25H23F2N7O3. The van der Waals surface area contributed by atoms with Crippen LogP contribution >= 0.6 is 0 Å². The van der Waals surface area contributed by atoms with Crippen molar-refractivity contribution in [2.24, 2.45) is 0 Å². The highest BCUT2D eigenvalue weighted by Gasteiger charge is 2.28. The normalized spacial score (nSPS) is 15.6. The second-order valence-electron chi connectivity index (χ2n) is 8.76. The molecule has 1 atom stereocenters. The summed E-state index contributed by atoms with van der Waals surface area (Å²) in [5, 5.41) is 17.3. The van der Waals surface area contributed by atoms with E-state index in [1.807, 2.05) is 6.07 Å². The minimum Gasteiger partial charge on any atom is -0.465 e. The van der Waals surface area contributed by atoms with Gasteiger partial charge in [0, 0.05) is 25.2 Å². The maximum absolute atomic E-state index is 14.0. The molecule has 5 rings (SSSR count). The Morgan fingerprint density at radius 3 is 2.65 bits per heavy atom. The Kier molecular flexibility index (Phi) is 6.38. The van der Waals surface area contributed by atoms with Gasteiger partial charge in [-0.2, -0.15) is 5.10 Å². The molecule has 12 heteroatoms. The number of fused-ring (bicyclic) bond motifs is 1. The van der Waals surface area contributed by atoms with Crippen molar-refractivity contribution in [3.05, 3.63) is 71.6 Å². The number of nitrogens with zero attached hydrogens (tertiary/aromatic N) is 5. The number of nitrogen functional groups attached to an aromatic ring is 1. The molecule has 0 unspecified atom stereocenters. The molecule has 0 bridgehead atoms. The number of carbonyl (C=O) groups excluding carboxylic acids is 1. The van der Waals surface area contributed by atoms with Crippen molar-refractivity contribution in [2.45, 2.75) is 25.4 Å². The number of anilines is 1. The number of hydrogen-bond acceptors (Lipinski definition) is 6. The highest BCUT2D eigenvalue weighted by atomic mass is 19.1. The Hall–Kier alpha value is -4.61. The molecule has 37 heavy (non-hydrogen) atoms. The van der Waals surface area contributed by atoms with E-state index in [9.17, 15) is 23.5 Å². The first-order chi connectivity index (χ1) is 17.8. The van der Waals surface area contributed by atoms with Crippen LogP contribution in [0.1, 0.15) is 34.8 Å². The lowest BCUT2D eigenvalue weighted by molar-refractivity contribution is 0.0942. The van der Waals surface area contributed by atoms with Crippen LogP contribution in [0.2, 0.25) is 0 Å². The summed E-state index contributed by atoms with van der Waals surface area (Å²) >= 11 is 0. The molecule has 190 valence electrons. The van der Waals surface area contributed by atoms with Gasteiger partial charge in [-0.3, -0.25) is 4.79 Å². The fourth-order valence-corrected chi connectivity index (χ4v) is 4.59. The molecule has 2 aromatic carbocycles. The van der Waals surface area contributed by atoms with Gasteiger partial charge >= 0.3 is 6.09 Å². The van der Waals surface area contributed by atoms with Gasteiger partial charge < -0.3 is 21.1 Å². The van der Waals surface area contributed by atoms with E-state index in [1.165, 1.54) is 17.3 Å². The largest absolute Gasteiger partial charge is 0.465 e. The Balaban J connectivity index is 1.46. The molecule has 10 nitrogen and oxygen atoms in total. The van der Waals surface area contributed by atoms with E-state index < -0.39 is 29.2 Å². The van der Waals surface area contributed by atoms with Gasteiger partial charge in [-0.1, -0.05) is 24.3 Å². The molecule has 0 spiro atoms. The SMILES string of the molecule is Nc1ncnc2c1c(-c1cccc(CNC(=O)c3c(F)cccc3F)c1)nn2[C@@H]1CCCN(C(=O)O)C1. The van der Waals surface area contributed by atoms with Crippen LogP contribution in [0.15, 0.2) is 48.8 Å². The molecule has 1 fully saturated rings. The molecule has 0 aliphatic carbocycles. The number of nitrogens with one attached hydrogen (secondary N) is 1. The number of halogens is 2. The molecule has 1 aliphatic heterocycles. The van der Waals surface area contributed by atoms with Crippen LogP contribution in [0.25, 0.3) is 22.3 Å². The molecule has 4 N–H and O–H groups in total. The summed E-state index contributed by atoms with van der Waals surface area (Å²) < 4.78 is 29.6. The zero-order chi connectivity index (χ0) is 26.1. The maximum atomic E-state index is 14.0. The average Bonchev–Trinajstić information content (AvgIpc) is 3.29. The molecule has 0 radical (unpaired) electrons. The van der Waals surface area contributed by atoms with Crippen LogP contribution in [0, 0.1) is 11.6 Å². The van der Waals surface area contributed by atoms with Gasteiger partial charge in [0.1, 0.15) is 35.0 Å². The third-order valence-electron chi connectivity index (χ3n) is 6.37.